The molecule has 1 atom stereocenters. The minimum absolute atomic E-state index is 0.0523. The van der Waals surface area contributed by atoms with Crippen LogP contribution in [0.1, 0.15) is 37.9 Å². The van der Waals surface area contributed by atoms with Crippen LogP contribution in [0.3, 0.4) is 0 Å². The maximum Gasteiger partial charge on any atom is 0.226 e. The summed E-state index contributed by atoms with van der Waals surface area (Å²) in [6.07, 6.45) is 2.52. The van der Waals surface area contributed by atoms with Crippen molar-refractivity contribution in [1.29, 1.82) is 0 Å². The Morgan fingerprint density at radius 3 is 2.81 bits per heavy atom. The van der Waals surface area contributed by atoms with E-state index in [9.17, 15) is 4.79 Å². The first-order valence-corrected chi connectivity index (χ1v) is 12.0. The van der Waals surface area contributed by atoms with E-state index in [0.29, 0.717) is 6.61 Å². The molecular weight excluding hydrogens is 408 g/mol. The number of thiophene rings is 1. The number of nitrogens with one attached hydrogen (secondary N) is 1. The molecule has 6 nitrogen and oxygen atoms in total. The van der Waals surface area contributed by atoms with E-state index in [1.54, 1.807) is 11.3 Å². The van der Waals surface area contributed by atoms with Gasteiger partial charge in [-0.15, -0.1) is 0 Å². The topological polar surface area (TPSA) is 67.3 Å². The molecule has 7 heteroatoms. The summed E-state index contributed by atoms with van der Waals surface area (Å²) in [6.45, 7) is 8.29. The van der Waals surface area contributed by atoms with Crippen LogP contribution in [0.4, 0.5) is 5.95 Å². The van der Waals surface area contributed by atoms with Crippen molar-refractivity contribution < 1.29 is 9.53 Å². The fourth-order valence-electron chi connectivity index (χ4n) is 4.16. The first kappa shape index (κ1) is 21.6. The lowest BCUT2D eigenvalue weighted by molar-refractivity contribution is -0.126. The molecule has 0 saturated carbocycles. The standard InChI is InChI=1S/C24H30N4O2S/c1-4-30-20-5-6-22-21(14-20)17(3)26-24(27-22)28-10-7-19(8-11-28)23(29)25-16(2)13-18-9-12-31-15-18/h5-6,9,12,14-16,19H,4,7-8,10-11,13H2,1-3H3,(H,25,29). The van der Waals surface area contributed by atoms with Crippen LogP contribution >= 0.6 is 11.3 Å². The van der Waals surface area contributed by atoms with E-state index in [0.717, 1.165) is 60.6 Å². The van der Waals surface area contributed by atoms with Gasteiger partial charge in [0.1, 0.15) is 5.75 Å². The van der Waals surface area contributed by atoms with Crippen LogP contribution < -0.4 is 15.0 Å². The van der Waals surface area contributed by atoms with Gasteiger partial charge in [-0.3, -0.25) is 4.79 Å². The van der Waals surface area contributed by atoms with Gasteiger partial charge in [0.05, 0.1) is 17.8 Å². The van der Waals surface area contributed by atoms with Crippen molar-refractivity contribution in [3.05, 3.63) is 46.3 Å². The molecule has 4 rings (SSSR count). The van der Waals surface area contributed by atoms with Crippen LogP contribution in [0.25, 0.3) is 10.9 Å². The smallest absolute Gasteiger partial charge is 0.226 e. The number of rotatable bonds is 7. The molecular formula is C24H30N4O2S. The zero-order chi connectivity index (χ0) is 21.8. The summed E-state index contributed by atoms with van der Waals surface area (Å²) >= 11 is 1.69. The SMILES string of the molecule is CCOc1ccc2nc(N3CCC(C(=O)NC(C)Cc4ccsc4)CC3)nc(C)c2c1. The van der Waals surface area contributed by atoms with Crippen molar-refractivity contribution in [3.63, 3.8) is 0 Å². The van der Waals surface area contributed by atoms with E-state index in [2.05, 4.69) is 34.0 Å². The molecule has 1 amide bonds. The number of carbonyl (C=O) groups is 1. The molecule has 1 unspecified atom stereocenters. The van der Waals surface area contributed by atoms with Gasteiger partial charge in [0.25, 0.3) is 0 Å². The molecule has 1 saturated heterocycles. The Morgan fingerprint density at radius 1 is 1.29 bits per heavy atom. The third-order valence-corrected chi connectivity index (χ3v) is 6.55. The summed E-state index contributed by atoms with van der Waals surface area (Å²) in [7, 11) is 0. The van der Waals surface area contributed by atoms with Gasteiger partial charge < -0.3 is 15.0 Å². The number of aromatic nitrogens is 2. The second-order valence-electron chi connectivity index (χ2n) is 8.23. The van der Waals surface area contributed by atoms with E-state index in [1.807, 2.05) is 32.0 Å². The van der Waals surface area contributed by atoms with E-state index < -0.39 is 0 Å². The summed E-state index contributed by atoms with van der Waals surface area (Å²) in [5, 5.41) is 8.43. The van der Waals surface area contributed by atoms with E-state index in [-0.39, 0.29) is 17.9 Å². The third-order valence-electron chi connectivity index (χ3n) is 5.82. The molecule has 3 aromatic rings. The van der Waals surface area contributed by atoms with Crippen molar-refractivity contribution in [2.24, 2.45) is 5.92 Å². The maximum absolute atomic E-state index is 12.7. The fraction of sp³-hybridized carbons (Fsp3) is 0.458. The van der Waals surface area contributed by atoms with Gasteiger partial charge in [-0.2, -0.15) is 11.3 Å². The normalized spacial score (nSPS) is 15.8. The Kier molecular flexibility index (Phi) is 6.70. The fourth-order valence-corrected chi connectivity index (χ4v) is 4.84. The molecule has 2 aromatic heterocycles. The lowest BCUT2D eigenvalue weighted by atomic mass is 9.95. The van der Waals surface area contributed by atoms with E-state index in [4.69, 9.17) is 14.7 Å². The summed E-state index contributed by atoms with van der Waals surface area (Å²) in [6, 6.07) is 8.22. The molecule has 1 aliphatic heterocycles. The Labute approximate surface area is 187 Å². The molecule has 0 aliphatic carbocycles. The first-order chi connectivity index (χ1) is 15.0. The number of fused-ring (bicyclic) bond motifs is 1. The number of hydrogen-bond acceptors (Lipinski definition) is 6. The van der Waals surface area contributed by atoms with Gasteiger partial charge >= 0.3 is 0 Å². The Morgan fingerprint density at radius 2 is 2.10 bits per heavy atom. The summed E-state index contributed by atoms with van der Waals surface area (Å²) in [5.41, 5.74) is 3.15. The highest BCUT2D eigenvalue weighted by Crippen LogP contribution is 2.26. The highest BCUT2D eigenvalue weighted by atomic mass is 32.1. The van der Waals surface area contributed by atoms with Crippen LogP contribution in [-0.2, 0) is 11.2 Å². The summed E-state index contributed by atoms with van der Waals surface area (Å²) in [5.74, 6) is 1.81. The number of hydrogen-bond donors (Lipinski definition) is 1. The number of piperidine rings is 1. The monoisotopic (exact) mass is 438 g/mol. The van der Waals surface area contributed by atoms with Crippen molar-refractivity contribution in [2.45, 2.75) is 46.1 Å². The van der Waals surface area contributed by atoms with Crippen LogP contribution in [-0.4, -0.2) is 41.6 Å². The predicted octanol–water partition coefficient (Wildman–Crippen LogP) is 4.36. The molecule has 0 radical (unpaired) electrons. The molecule has 0 spiro atoms. The lowest BCUT2D eigenvalue weighted by Gasteiger charge is -2.32. The van der Waals surface area contributed by atoms with Gasteiger partial charge in [0.2, 0.25) is 11.9 Å². The van der Waals surface area contributed by atoms with Crippen LogP contribution in [0.2, 0.25) is 0 Å². The van der Waals surface area contributed by atoms with Crippen LogP contribution in [0, 0.1) is 12.8 Å². The minimum Gasteiger partial charge on any atom is -0.494 e. The van der Waals surface area contributed by atoms with Crippen LogP contribution in [0.15, 0.2) is 35.0 Å². The lowest BCUT2D eigenvalue weighted by Crippen LogP contribution is -2.44. The van der Waals surface area contributed by atoms with Crippen molar-refractivity contribution in [2.75, 3.05) is 24.6 Å². The quantitative estimate of drug-likeness (QED) is 0.594. The van der Waals surface area contributed by atoms with E-state index in [1.165, 1.54) is 5.56 Å². The molecule has 0 bridgehead atoms. The Bertz CT molecular complexity index is 1030. The molecule has 3 heterocycles. The van der Waals surface area contributed by atoms with Gasteiger partial charge in [0.15, 0.2) is 0 Å². The van der Waals surface area contributed by atoms with Gasteiger partial charge in [-0.1, -0.05) is 0 Å². The average molecular weight is 439 g/mol. The molecule has 31 heavy (non-hydrogen) atoms. The molecule has 1 aromatic carbocycles. The second-order valence-corrected chi connectivity index (χ2v) is 9.01. The predicted molar refractivity (Wildman–Crippen MR) is 126 cm³/mol. The minimum atomic E-state index is 0.0523. The van der Waals surface area contributed by atoms with Gasteiger partial charge in [0, 0.05) is 30.4 Å². The summed E-state index contributed by atoms with van der Waals surface area (Å²) in [4.78, 5) is 24.4. The molecule has 164 valence electrons. The number of carbonyl (C=O) groups excluding carboxylic acids is 1. The zero-order valence-corrected chi connectivity index (χ0v) is 19.2. The average Bonchev–Trinajstić information content (AvgIpc) is 3.27. The molecule has 1 N–H and O–H groups in total. The molecule has 1 fully saturated rings. The third kappa shape index (κ3) is 5.15. The largest absolute Gasteiger partial charge is 0.494 e. The highest BCUT2D eigenvalue weighted by molar-refractivity contribution is 7.07. The summed E-state index contributed by atoms with van der Waals surface area (Å²) < 4.78 is 5.60. The number of benzene rings is 1. The van der Waals surface area contributed by atoms with Gasteiger partial charge in [-0.05, 0) is 80.6 Å². The Balaban J connectivity index is 1.36. The number of aryl methyl sites for hydroxylation is 1. The first-order valence-electron chi connectivity index (χ1n) is 11.0. The highest BCUT2D eigenvalue weighted by Gasteiger charge is 2.27. The molecule has 1 aliphatic rings. The van der Waals surface area contributed by atoms with Crippen molar-refractivity contribution in [1.82, 2.24) is 15.3 Å². The Hall–Kier alpha value is -2.67. The van der Waals surface area contributed by atoms with Gasteiger partial charge in [-0.25, -0.2) is 9.97 Å². The van der Waals surface area contributed by atoms with E-state index >= 15 is 0 Å². The maximum atomic E-state index is 12.7. The van der Waals surface area contributed by atoms with Crippen LogP contribution in [0.5, 0.6) is 5.75 Å². The number of amides is 1. The number of ether oxygens (including phenoxy) is 1. The number of anilines is 1. The van der Waals surface area contributed by atoms with Crippen molar-refractivity contribution >= 4 is 34.1 Å². The van der Waals surface area contributed by atoms with Crippen molar-refractivity contribution in [3.8, 4) is 5.75 Å². The number of nitrogens with zero attached hydrogens (tertiary/aromatic N) is 3. The zero-order valence-electron chi connectivity index (χ0n) is 18.4. The second kappa shape index (κ2) is 9.64.